The summed E-state index contributed by atoms with van der Waals surface area (Å²) in [4.78, 5) is 4.21. The Bertz CT molecular complexity index is 988. The first kappa shape index (κ1) is 18.8. The molecule has 132 valence electrons. The molecule has 0 aliphatic heterocycles. The van der Waals surface area contributed by atoms with Crippen LogP contribution in [0.3, 0.4) is 0 Å². The van der Waals surface area contributed by atoms with Gasteiger partial charge in [-0.15, -0.1) is 12.4 Å². The highest BCUT2D eigenvalue weighted by molar-refractivity contribution is 7.93. The summed E-state index contributed by atoms with van der Waals surface area (Å²) in [5.74, 6) is 0.969. The lowest BCUT2D eigenvalue weighted by Gasteiger charge is -2.13. The van der Waals surface area contributed by atoms with E-state index < -0.39 is 10.0 Å². The van der Waals surface area contributed by atoms with Gasteiger partial charge < -0.3 is 9.47 Å². The maximum atomic E-state index is 12.8. The first-order chi connectivity index (χ1) is 11.5. The Hall–Kier alpha value is -2.51. The van der Waals surface area contributed by atoms with Gasteiger partial charge in [0.2, 0.25) is 0 Å². The fourth-order valence-corrected chi connectivity index (χ4v) is 3.72. The molecule has 25 heavy (non-hydrogen) atoms. The van der Waals surface area contributed by atoms with Crippen LogP contribution >= 0.6 is 12.4 Å². The molecule has 0 radical (unpaired) electrons. The predicted molar refractivity (Wildman–Crippen MR) is 99.3 cm³/mol. The molecule has 0 fully saturated rings. The van der Waals surface area contributed by atoms with Gasteiger partial charge in [0.25, 0.3) is 10.0 Å². The van der Waals surface area contributed by atoms with Crippen LogP contribution in [0.25, 0.3) is 10.8 Å². The molecule has 0 atom stereocenters. The maximum Gasteiger partial charge on any atom is 0.262 e. The molecule has 1 heterocycles. The molecule has 0 aliphatic rings. The second-order valence-corrected chi connectivity index (χ2v) is 6.68. The Kier molecular flexibility index (Phi) is 5.71. The lowest BCUT2D eigenvalue weighted by atomic mass is 10.2. The molecule has 3 aromatic rings. The largest absolute Gasteiger partial charge is 0.493 e. The topological polar surface area (TPSA) is 77.5 Å². The number of hydrogen-bond acceptors (Lipinski definition) is 5. The second-order valence-electron chi connectivity index (χ2n) is 5.03. The average Bonchev–Trinajstić information content (AvgIpc) is 2.60. The molecule has 0 bridgehead atoms. The number of fused-ring (bicyclic) bond motifs is 1. The lowest BCUT2D eigenvalue weighted by Crippen LogP contribution is -2.13. The Balaban J connectivity index is 0.00000225. The number of pyridine rings is 1. The summed E-state index contributed by atoms with van der Waals surface area (Å²) in [6.07, 6.45) is 3.20. The van der Waals surface area contributed by atoms with E-state index in [9.17, 15) is 8.42 Å². The summed E-state index contributed by atoms with van der Waals surface area (Å²) in [7, 11) is -0.745. The van der Waals surface area contributed by atoms with E-state index in [4.69, 9.17) is 9.47 Å². The van der Waals surface area contributed by atoms with Crippen LogP contribution in [-0.4, -0.2) is 27.6 Å². The van der Waals surface area contributed by atoms with Crippen molar-refractivity contribution in [2.24, 2.45) is 0 Å². The van der Waals surface area contributed by atoms with Gasteiger partial charge in [0.05, 0.1) is 24.8 Å². The van der Waals surface area contributed by atoms with Crippen molar-refractivity contribution in [3.63, 3.8) is 0 Å². The maximum absolute atomic E-state index is 12.8. The van der Waals surface area contributed by atoms with Crippen LogP contribution in [0, 0.1) is 0 Å². The van der Waals surface area contributed by atoms with Gasteiger partial charge in [0.1, 0.15) is 0 Å². The minimum atomic E-state index is -3.76. The van der Waals surface area contributed by atoms with Crippen LogP contribution in [-0.2, 0) is 10.0 Å². The van der Waals surface area contributed by atoms with E-state index in [1.165, 1.54) is 14.2 Å². The molecule has 0 aliphatic carbocycles. The number of hydrogen-bond donors (Lipinski definition) is 1. The smallest absolute Gasteiger partial charge is 0.262 e. The zero-order chi connectivity index (χ0) is 17.2. The number of benzene rings is 2. The van der Waals surface area contributed by atoms with Crippen LogP contribution < -0.4 is 14.2 Å². The first-order valence-corrected chi connectivity index (χ1v) is 8.61. The van der Waals surface area contributed by atoms with Gasteiger partial charge in [0, 0.05) is 29.2 Å². The van der Waals surface area contributed by atoms with E-state index >= 15 is 0 Å². The molecule has 0 spiro atoms. The predicted octanol–water partition coefficient (Wildman–Crippen LogP) is 3.47. The number of sulfonamides is 1. The Morgan fingerprint density at radius 1 is 1.00 bits per heavy atom. The summed E-state index contributed by atoms with van der Waals surface area (Å²) in [6, 6.07) is 11.6. The summed E-state index contributed by atoms with van der Waals surface area (Å²) >= 11 is 0. The standard InChI is InChI=1S/C17H16N2O4S.ClH/c1-22-15-7-6-13(10-16(15)23-2)19-24(20,21)17-5-3-4-12-11-18-9-8-14(12)17;/h3-11,19H,1-2H3;1H. The summed E-state index contributed by atoms with van der Waals surface area (Å²) in [5.41, 5.74) is 0.388. The normalized spacial score (nSPS) is 10.8. The monoisotopic (exact) mass is 380 g/mol. The Morgan fingerprint density at radius 2 is 1.76 bits per heavy atom. The van der Waals surface area contributed by atoms with E-state index in [1.54, 1.807) is 48.8 Å². The highest BCUT2D eigenvalue weighted by Gasteiger charge is 2.18. The molecule has 0 saturated carbocycles. The van der Waals surface area contributed by atoms with Crippen molar-refractivity contribution in [1.82, 2.24) is 4.98 Å². The zero-order valence-electron chi connectivity index (χ0n) is 13.6. The molecule has 0 saturated heterocycles. The Labute approximate surface area is 152 Å². The van der Waals surface area contributed by atoms with Crippen LogP contribution in [0.5, 0.6) is 11.5 Å². The number of nitrogens with zero attached hydrogens (tertiary/aromatic N) is 1. The number of aromatic nitrogens is 1. The van der Waals surface area contributed by atoms with Crippen molar-refractivity contribution in [2.75, 3.05) is 18.9 Å². The van der Waals surface area contributed by atoms with Crippen molar-refractivity contribution in [2.45, 2.75) is 4.90 Å². The molecule has 6 nitrogen and oxygen atoms in total. The van der Waals surface area contributed by atoms with Crippen molar-refractivity contribution < 1.29 is 17.9 Å². The number of anilines is 1. The minimum absolute atomic E-state index is 0. The van der Waals surface area contributed by atoms with Crippen molar-refractivity contribution in [1.29, 1.82) is 0 Å². The fourth-order valence-electron chi connectivity index (χ4n) is 2.44. The molecule has 1 aromatic heterocycles. The van der Waals surface area contributed by atoms with E-state index in [2.05, 4.69) is 9.71 Å². The Morgan fingerprint density at radius 3 is 2.48 bits per heavy atom. The SMILES string of the molecule is COc1ccc(NS(=O)(=O)c2cccc3cnccc23)cc1OC.Cl. The summed E-state index contributed by atoms with van der Waals surface area (Å²) in [6.45, 7) is 0. The molecule has 1 N–H and O–H groups in total. The van der Waals surface area contributed by atoms with Gasteiger partial charge in [-0.05, 0) is 24.3 Å². The van der Waals surface area contributed by atoms with Gasteiger partial charge in [-0.25, -0.2) is 8.42 Å². The van der Waals surface area contributed by atoms with Crippen LogP contribution in [0.1, 0.15) is 0 Å². The van der Waals surface area contributed by atoms with Gasteiger partial charge in [0.15, 0.2) is 11.5 Å². The molecule has 2 aromatic carbocycles. The number of methoxy groups -OCH3 is 2. The van der Waals surface area contributed by atoms with Crippen molar-refractivity contribution >= 4 is 38.9 Å². The van der Waals surface area contributed by atoms with Gasteiger partial charge >= 0.3 is 0 Å². The third-order valence-corrected chi connectivity index (χ3v) is 5.01. The van der Waals surface area contributed by atoms with Crippen LogP contribution in [0.4, 0.5) is 5.69 Å². The van der Waals surface area contributed by atoms with E-state index in [1.807, 2.05) is 6.07 Å². The molecular formula is C17H17ClN2O4S. The molecule has 8 heteroatoms. The quantitative estimate of drug-likeness (QED) is 0.733. The average molecular weight is 381 g/mol. The highest BCUT2D eigenvalue weighted by atomic mass is 35.5. The number of rotatable bonds is 5. The van der Waals surface area contributed by atoms with E-state index in [0.29, 0.717) is 22.6 Å². The van der Waals surface area contributed by atoms with Crippen molar-refractivity contribution in [3.05, 3.63) is 54.9 Å². The van der Waals surface area contributed by atoms with Gasteiger partial charge in [-0.1, -0.05) is 12.1 Å². The number of nitrogens with one attached hydrogen (secondary N) is 1. The van der Waals surface area contributed by atoms with Crippen molar-refractivity contribution in [3.8, 4) is 11.5 Å². The second kappa shape index (κ2) is 7.58. The summed E-state index contributed by atoms with van der Waals surface area (Å²) in [5, 5.41) is 1.37. The molecule has 0 amide bonds. The fraction of sp³-hybridized carbons (Fsp3) is 0.118. The first-order valence-electron chi connectivity index (χ1n) is 7.13. The minimum Gasteiger partial charge on any atom is -0.493 e. The summed E-state index contributed by atoms with van der Waals surface area (Å²) < 4.78 is 38.5. The van der Waals surface area contributed by atoms with Crippen LogP contribution in [0.2, 0.25) is 0 Å². The molecule has 3 rings (SSSR count). The third-order valence-electron chi connectivity index (χ3n) is 3.57. The zero-order valence-corrected chi connectivity index (χ0v) is 15.2. The molecule has 0 unspecified atom stereocenters. The lowest BCUT2D eigenvalue weighted by molar-refractivity contribution is 0.355. The van der Waals surface area contributed by atoms with Crippen LogP contribution in [0.15, 0.2) is 59.8 Å². The third kappa shape index (κ3) is 3.78. The molecular weight excluding hydrogens is 364 g/mol. The van der Waals surface area contributed by atoms with Gasteiger partial charge in [-0.3, -0.25) is 9.71 Å². The van der Waals surface area contributed by atoms with E-state index in [-0.39, 0.29) is 17.3 Å². The van der Waals surface area contributed by atoms with Gasteiger partial charge in [-0.2, -0.15) is 0 Å². The number of ether oxygens (including phenoxy) is 2. The number of halogens is 1. The van der Waals surface area contributed by atoms with E-state index in [0.717, 1.165) is 5.39 Å². The highest BCUT2D eigenvalue weighted by Crippen LogP contribution is 2.31.